The van der Waals surface area contributed by atoms with Gasteiger partial charge in [0, 0.05) is 18.3 Å². The molecule has 1 aliphatic heterocycles. The molecule has 3 rings (SSSR count). The normalized spacial score (nSPS) is 13.3. The van der Waals surface area contributed by atoms with E-state index in [1.807, 2.05) is 17.0 Å². The van der Waals surface area contributed by atoms with E-state index in [9.17, 15) is 14.9 Å². The van der Waals surface area contributed by atoms with Gasteiger partial charge in [0.15, 0.2) is 0 Å². The maximum absolute atomic E-state index is 12.4. The molecule has 1 aliphatic rings. The van der Waals surface area contributed by atoms with E-state index in [2.05, 4.69) is 18.3 Å². The Labute approximate surface area is 146 Å². The van der Waals surface area contributed by atoms with Crippen LogP contribution in [0.15, 0.2) is 36.4 Å². The molecule has 0 aliphatic carbocycles. The zero-order chi connectivity index (χ0) is 18.0. The monoisotopic (exact) mass is 339 g/mol. The van der Waals surface area contributed by atoms with E-state index in [1.54, 1.807) is 19.1 Å². The molecule has 25 heavy (non-hydrogen) atoms. The van der Waals surface area contributed by atoms with Crippen molar-refractivity contribution >= 4 is 23.0 Å². The van der Waals surface area contributed by atoms with E-state index >= 15 is 0 Å². The lowest BCUT2D eigenvalue weighted by atomic mass is 9.99. The van der Waals surface area contributed by atoms with Crippen molar-refractivity contribution in [2.24, 2.45) is 0 Å². The van der Waals surface area contributed by atoms with Crippen molar-refractivity contribution < 1.29 is 9.72 Å². The molecule has 0 spiro atoms. The fourth-order valence-electron chi connectivity index (χ4n) is 3.23. The number of nitro groups is 1. The number of carbonyl (C=O) groups is 1. The molecule has 6 heteroatoms. The lowest BCUT2D eigenvalue weighted by Crippen LogP contribution is -2.36. The average molecular weight is 339 g/mol. The molecule has 0 radical (unpaired) electrons. The van der Waals surface area contributed by atoms with Crippen LogP contribution < -0.4 is 10.2 Å². The van der Waals surface area contributed by atoms with Gasteiger partial charge in [-0.25, -0.2) is 0 Å². The molecule has 0 fully saturated rings. The Morgan fingerprint density at radius 2 is 1.92 bits per heavy atom. The van der Waals surface area contributed by atoms with Crippen LogP contribution >= 0.6 is 0 Å². The number of rotatable bonds is 4. The molecule has 0 saturated heterocycles. The molecular weight excluding hydrogens is 318 g/mol. The summed E-state index contributed by atoms with van der Waals surface area (Å²) in [4.78, 5) is 25.2. The van der Waals surface area contributed by atoms with Crippen LogP contribution in [0.4, 0.5) is 17.1 Å². The van der Waals surface area contributed by atoms with Crippen molar-refractivity contribution in [3.05, 3.63) is 63.2 Å². The average Bonchev–Trinajstić information content (AvgIpc) is 2.56. The second-order valence-electron chi connectivity index (χ2n) is 6.48. The number of benzene rings is 2. The molecule has 1 amide bonds. The lowest BCUT2D eigenvalue weighted by Gasteiger charge is -2.31. The van der Waals surface area contributed by atoms with Crippen molar-refractivity contribution in [2.45, 2.75) is 26.7 Å². The van der Waals surface area contributed by atoms with Crippen molar-refractivity contribution in [2.75, 3.05) is 23.3 Å². The van der Waals surface area contributed by atoms with Crippen LogP contribution in [0.25, 0.3) is 0 Å². The van der Waals surface area contributed by atoms with E-state index < -0.39 is 4.92 Å². The van der Waals surface area contributed by atoms with E-state index in [0.29, 0.717) is 0 Å². The first kappa shape index (κ1) is 17.0. The Kier molecular flexibility index (Phi) is 4.70. The highest BCUT2D eigenvalue weighted by Gasteiger charge is 2.21. The van der Waals surface area contributed by atoms with E-state index in [-0.39, 0.29) is 23.8 Å². The maximum Gasteiger partial charge on any atom is 0.293 e. The molecule has 0 unspecified atom stereocenters. The Hall–Kier alpha value is -2.89. The van der Waals surface area contributed by atoms with Crippen LogP contribution in [0, 0.1) is 24.0 Å². The van der Waals surface area contributed by atoms with Gasteiger partial charge in [-0.1, -0.05) is 23.8 Å². The fourth-order valence-corrected chi connectivity index (χ4v) is 3.23. The van der Waals surface area contributed by atoms with E-state index in [1.165, 1.54) is 17.2 Å². The SMILES string of the molecule is Cc1ccc2c(c1)CCCN2CC(=O)Nc1ccc(C)cc1[N+](=O)[O-]. The zero-order valence-corrected chi connectivity index (χ0v) is 14.4. The fraction of sp³-hybridized carbons (Fsp3) is 0.316. The van der Waals surface area contributed by atoms with Crippen LogP contribution in [-0.4, -0.2) is 23.9 Å². The summed E-state index contributed by atoms with van der Waals surface area (Å²) >= 11 is 0. The topological polar surface area (TPSA) is 75.5 Å². The number of hydrogen-bond acceptors (Lipinski definition) is 4. The molecule has 0 aromatic heterocycles. The predicted molar refractivity (Wildman–Crippen MR) is 98.2 cm³/mol. The molecule has 2 aromatic rings. The van der Waals surface area contributed by atoms with Gasteiger partial charge in [-0.3, -0.25) is 14.9 Å². The first-order valence-electron chi connectivity index (χ1n) is 8.33. The van der Waals surface area contributed by atoms with E-state index in [0.717, 1.165) is 30.6 Å². The van der Waals surface area contributed by atoms with Gasteiger partial charge in [0.2, 0.25) is 5.91 Å². The Balaban J connectivity index is 1.76. The summed E-state index contributed by atoms with van der Waals surface area (Å²) in [6.07, 6.45) is 2.01. The Morgan fingerprint density at radius 3 is 2.68 bits per heavy atom. The molecule has 2 aromatic carbocycles. The molecule has 0 atom stereocenters. The van der Waals surface area contributed by atoms with Gasteiger partial charge < -0.3 is 10.2 Å². The van der Waals surface area contributed by atoms with E-state index in [4.69, 9.17) is 0 Å². The smallest absolute Gasteiger partial charge is 0.293 e. The largest absolute Gasteiger partial charge is 0.362 e. The standard InChI is InChI=1S/C19H21N3O3/c1-13-6-8-17-15(10-13)4-3-9-21(17)12-19(23)20-16-7-5-14(2)11-18(16)22(24)25/h5-8,10-11H,3-4,9,12H2,1-2H3,(H,20,23). The van der Waals surface area contributed by atoms with Crippen molar-refractivity contribution in [3.8, 4) is 0 Å². The predicted octanol–water partition coefficient (Wildman–Crippen LogP) is 3.60. The van der Waals surface area contributed by atoms with Gasteiger partial charge in [0.05, 0.1) is 11.5 Å². The summed E-state index contributed by atoms with van der Waals surface area (Å²) in [6.45, 7) is 4.83. The number of nitrogens with zero attached hydrogens (tertiary/aromatic N) is 2. The second-order valence-corrected chi connectivity index (χ2v) is 6.48. The Morgan fingerprint density at radius 1 is 1.20 bits per heavy atom. The molecule has 0 bridgehead atoms. The van der Waals surface area contributed by atoms with Gasteiger partial charge in [0.25, 0.3) is 5.69 Å². The summed E-state index contributed by atoms with van der Waals surface area (Å²) in [5.41, 5.74) is 4.47. The summed E-state index contributed by atoms with van der Waals surface area (Å²) < 4.78 is 0. The number of hydrogen-bond donors (Lipinski definition) is 1. The van der Waals surface area contributed by atoms with Crippen LogP contribution in [0.2, 0.25) is 0 Å². The van der Waals surface area contributed by atoms with Crippen molar-refractivity contribution in [1.82, 2.24) is 0 Å². The highest BCUT2D eigenvalue weighted by Crippen LogP contribution is 2.28. The zero-order valence-electron chi connectivity index (χ0n) is 14.4. The van der Waals surface area contributed by atoms with Crippen LogP contribution in [-0.2, 0) is 11.2 Å². The first-order chi connectivity index (χ1) is 11.9. The molecule has 1 N–H and O–H groups in total. The number of amides is 1. The third-order valence-corrected chi connectivity index (χ3v) is 4.41. The minimum absolute atomic E-state index is 0.0805. The highest BCUT2D eigenvalue weighted by molar-refractivity contribution is 5.96. The number of nitrogens with one attached hydrogen (secondary N) is 1. The van der Waals surface area contributed by atoms with Crippen LogP contribution in [0.5, 0.6) is 0 Å². The number of aryl methyl sites for hydroxylation is 3. The summed E-state index contributed by atoms with van der Waals surface area (Å²) in [6, 6.07) is 11.0. The number of anilines is 2. The first-order valence-corrected chi connectivity index (χ1v) is 8.33. The minimum atomic E-state index is -0.471. The molecule has 0 saturated carbocycles. The van der Waals surface area contributed by atoms with Crippen LogP contribution in [0.1, 0.15) is 23.1 Å². The van der Waals surface area contributed by atoms with Crippen molar-refractivity contribution in [3.63, 3.8) is 0 Å². The number of carbonyl (C=O) groups excluding carboxylic acids is 1. The third-order valence-electron chi connectivity index (χ3n) is 4.41. The molecule has 130 valence electrons. The van der Waals surface area contributed by atoms with Crippen molar-refractivity contribution in [1.29, 1.82) is 0 Å². The number of nitro benzene ring substituents is 1. The number of fused-ring (bicyclic) bond motifs is 1. The molecule has 1 heterocycles. The molecule has 6 nitrogen and oxygen atoms in total. The summed E-state index contributed by atoms with van der Waals surface area (Å²) in [7, 11) is 0. The van der Waals surface area contributed by atoms with Gasteiger partial charge in [-0.2, -0.15) is 0 Å². The van der Waals surface area contributed by atoms with Gasteiger partial charge in [-0.15, -0.1) is 0 Å². The van der Waals surface area contributed by atoms with Gasteiger partial charge in [-0.05, 0) is 49.9 Å². The van der Waals surface area contributed by atoms with Gasteiger partial charge >= 0.3 is 0 Å². The minimum Gasteiger partial charge on any atom is -0.362 e. The lowest BCUT2D eigenvalue weighted by molar-refractivity contribution is -0.384. The van der Waals surface area contributed by atoms with Crippen LogP contribution in [0.3, 0.4) is 0 Å². The quantitative estimate of drug-likeness (QED) is 0.682. The van der Waals surface area contributed by atoms with Gasteiger partial charge in [0.1, 0.15) is 5.69 Å². The molecular formula is C19H21N3O3. The maximum atomic E-state index is 12.4. The second kappa shape index (κ2) is 6.93. The highest BCUT2D eigenvalue weighted by atomic mass is 16.6. The Bertz CT molecular complexity index is 833. The summed E-state index contributed by atoms with van der Waals surface area (Å²) in [5.74, 6) is -0.250. The third kappa shape index (κ3) is 3.79. The summed E-state index contributed by atoms with van der Waals surface area (Å²) in [5, 5.41) is 13.9.